The molecule has 3 heteroatoms. The third-order valence-electron chi connectivity index (χ3n) is 2.00. The van der Waals surface area contributed by atoms with E-state index in [1.165, 1.54) is 0 Å². The van der Waals surface area contributed by atoms with Gasteiger partial charge >= 0.3 is 0 Å². The van der Waals surface area contributed by atoms with Crippen molar-refractivity contribution in [3.05, 3.63) is 55.3 Å². The maximum absolute atomic E-state index is 12.8. The number of hydrogen-bond acceptors (Lipinski definition) is 1. The summed E-state index contributed by atoms with van der Waals surface area (Å²) < 4.78 is 14.6. The highest BCUT2D eigenvalue weighted by atomic mass is 19.1. The fourth-order valence-corrected chi connectivity index (χ4v) is 1.22. The number of fused-ring (bicyclic) bond motifs is 1. The van der Waals surface area contributed by atoms with E-state index in [0.717, 1.165) is 5.65 Å². The normalized spacial score (nSPS) is 10.4. The Morgan fingerprint density at radius 3 is 2.79 bits per heavy atom. The SMILES string of the molecule is C=C(F)C(=C)c1cn2ccccc2n1. The molecule has 2 heterocycles. The van der Waals surface area contributed by atoms with Crippen LogP contribution in [0.1, 0.15) is 5.69 Å². The van der Waals surface area contributed by atoms with Gasteiger partial charge in [0.25, 0.3) is 0 Å². The van der Waals surface area contributed by atoms with Gasteiger partial charge in [0.2, 0.25) is 0 Å². The topological polar surface area (TPSA) is 17.3 Å². The standard InChI is InChI=1S/C11H9FN2/c1-8(9(2)12)10-7-14-6-4-3-5-11(14)13-10/h3-7H,1-2H2. The van der Waals surface area contributed by atoms with Crippen LogP contribution in [-0.4, -0.2) is 9.38 Å². The lowest BCUT2D eigenvalue weighted by atomic mass is 10.2. The fourth-order valence-electron chi connectivity index (χ4n) is 1.22. The van der Waals surface area contributed by atoms with Gasteiger partial charge in [-0.2, -0.15) is 0 Å². The Hall–Kier alpha value is -1.90. The van der Waals surface area contributed by atoms with Gasteiger partial charge in [0.1, 0.15) is 11.5 Å². The molecule has 0 aliphatic carbocycles. The van der Waals surface area contributed by atoms with Crippen LogP contribution in [0, 0.1) is 0 Å². The lowest BCUT2D eigenvalue weighted by molar-refractivity contribution is 0.678. The van der Waals surface area contributed by atoms with Crippen molar-refractivity contribution in [2.75, 3.05) is 0 Å². The number of allylic oxidation sites excluding steroid dienone is 2. The van der Waals surface area contributed by atoms with Crippen molar-refractivity contribution in [2.24, 2.45) is 0 Å². The van der Waals surface area contributed by atoms with Crippen molar-refractivity contribution in [3.8, 4) is 0 Å². The Morgan fingerprint density at radius 1 is 1.36 bits per heavy atom. The molecule has 2 rings (SSSR count). The Labute approximate surface area is 81.0 Å². The van der Waals surface area contributed by atoms with E-state index in [9.17, 15) is 4.39 Å². The van der Waals surface area contributed by atoms with Crippen molar-refractivity contribution in [1.82, 2.24) is 9.38 Å². The van der Waals surface area contributed by atoms with E-state index in [1.807, 2.05) is 28.8 Å². The number of nitrogens with zero attached hydrogens (tertiary/aromatic N) is 2. The van der Waals surface area contributed by atoms with Crippen LogP contribution in [0.5, 0.6) is 0 Å². The Balaban J connectivity index is 2.55. The minimum absolute atomic E-state index is 0.230. The van der Waals surface area contributed by atoms with E-state index in [2.05, 4.69) is 18.1 Å². The molecule has 2 aromatic heterocycles. The van der Waals surface area contributed by atoms with E-state index < -0.39 is 5.83 Å². The highest BCUT2D eigenvalue weighted by molar-refractivity contribution is 5.73. The van der Waals surface area contributed by atoms with Crippen LogP contribution in [-0.2, 0) is 0 Å². The van der Waals surface area contributed by atoms with Gasteiger partial charge in [0.15, 0.2) is 0 Å². The number of pyridine rings is 1. The molecule has 0 fully saturated rings. The molecule has 0 aliphatic heterocycles. The second-order valence-corrected chi connectivity index (χ2v) is 2.98. The first-order valence-corrected chi connectivity index (χ1v) is 4.16. The van der Waals surface area contributed by atoms with Crippen molar-refractivity contribution >= 4 is 11.2 Å². The fraction of sp³-hybridized carbons (Fsp3) is 0. The Morgan fingerprint density at radius 2 is 2.14 bits per heavy atom. The molecule has 0 spiro atoms. The van der Waals surface area contributed by atoms with E-state index in [0.29, 0.717) is 5.69 Å². The highest BCUT2D eigenvalue weighted by Crippen LogP contribution is 2.19. The molecule has 0 aliphatic rings. The molecule has 0 saturated carbocycles. The highest BCUT2D eigenvalue weighted by Gasteiger charge is 2.06. The van der Waals surface area contributed by atoms with Crippen LogP contribution in [0.3, 0.4) is 0 Å². The molecular formula is C11H9FN2. The molecule has 0 radical (unpaired) electrons. The van der Waals surface area contributed by atoms with E-state index in [1.54, 1.807) is 6.20 Å². The molecule has 2 aromatic rings. The quantitative estimate of drug-likeness (QED) is 0.662. The van der Waals surface area contributed by atoms with Gasteiger partial charge < -0.3 is 4.40 Å². The summed E-state index contributed by atoms with van der Waals surface area (Å²) >= 11 is 0. The minimum Gasteiger partial charge on any atom is -0.306 e. The van der Waals surface area contributed by atoms with E-state index in [-0.39, 0.29) is 5.57 Å². The number of imidazole rings is 1. The van der Waals surface area contributed by atoms with Gasteiger partial charge in [0.05, 0.1) is 5.69 Å². The first-order valence-electron chi connectivity index (χ1n) is 4.16. The third kappa shape index (κ3) is 1.33. The zero-order valence-electron chi connectivity index (χ0n) is 7.57. The molecule has 0 atom stereocenters. The summed E-state index contributed by atoms with van der Waals surface area (Å²) in [6.07, 6.45) is 3.57. The molecule has 14 heavy (non-hydrogen) atoms. The summed E-state index contributed by atoms with van der Waals surface area (Å²) in [5.41, 5.74) is 1.52. The summed E-state index contributed by atoms with van der Waals surface area (Å²) in [5.74, 6) is -0.548. The molecule has 0 aromatic carbocycles. The zero-order chi connectivity index (χ0) is 10.1. The number of hydrogen-bond donors (Lipinski definition) is 0. The monoisotopic (exact) mass is 188 g/mol. The molecule has 0 saturated heterocycles. The van der Waals surface area contributed by atoms with Crippen molar-refractivity contribution in [1.29, 1.82) is 0 Å². The Kier molecular flexibility index (Phi) is 1.93. The molecule has 70 valence electrons. The van der Waals surface area contributed by atoms with Crippen LogP contribution in [0.2, 0.25) is 0 Å². The van der Waals surface area contributed by atoms with Gasteiger partial charge in [0, 0.05) is 18.0 Å². The van der Waals surface area contributed by atoms with Crippen molar-refractivity contribution in [3.63, 3.8) is 0 Å². The molecule has 0 bridgehead atoms. The van der Waals surface area contributed by atoms with Crippen LogP contribution in [0.25, 0.3) is 11.2 Å². The average molecular weight is 188 g/mol. The van der Waals surface area contributed by atoms with E-state index in [4.69, 9.17) is 0 Å². The summed E-state index contributed by atoms with van der Waals surface area (Å²) in [6, 6.07) is 5.60. The van der Waals surface area contributed by atoms with Crippen LogP contribution < -0.4 is 0 Å². The molecular weight excluding hydrogens is 179 g/mol. The summed E-state index contributed by atoms with van der Waals surface area (Å²) in [5, 5.41) is 0. The van der Waals surface area contributed by atoms with Gasteiger partial charge in [-0.1, -0.05) is 19.2 Å². The number of rotatable bonds is 2. The second kappa shape index (κ2) is 3.10. The van der Waals surface area contributed by atoms with Gasteiger partial charge in [-0.3, -0.25) is 0 Å². The van der Waals surface area contributed by atoms with Crippen LogP contribution in [0.15, 0.2) is 49.6 Å². The van der Waals surface area contributed by atoms with Gasteiger partial charge in [-0.15, -0.1) is 0 Å². The Bertz CT molecular complexity index is 478. The smallest absolute Gasteiger partial charge is 0.137 e. The lowest BCUT2D eigenvalue weighted by Crippen LogP contribution is -1.80. The predicted octanol–water partition coefficient (Wildman–Crippen LogP) is 2.83. The summed E-state index contributed by atoms with van der Waals surface area (Å²) in [4.78, 5) is 4.20. The van der Waals surface area contributed by atoms with Gasteiger partial charge in [-0.25, -0.2) is 9.37 Å². The number of halogens is 1. The number of aromatic nitrogens is 2. The van der Waals surface area contributed by atoms with Crippen molar-refractivity contribution < 1.29 is 4.39 Å². The molecule has 0 unspecified atom stereocenters. The van der Waals surface area contributed by atoms with Gasteiger partial charge in [-0.05, 0) is 12.1 Å². The lowest BCUT2D eigenvalue weighted by Gasteiger charge is -1.93. The molecule has 0 amide bonds. The van der Waals surface area contributed by atoms with Crippen molar-refractivity contribution in [2.45, 2.75) is 0 Å². The summed E-state index contributed by atoms with van der Waals surface area (Å²) in [7, 11) is 0. The van der Waals surface area contributed by atoms with Crippen LogP contribution in [0.4, 0.5) is 4.39 Å². The first kappa shape index (κ1) is 8.69. The average Bonchev–Trinajstić information content (AvgIpc) is 2.59. The maximum Gasteiger partial charge on any atom is 0.137 e. The maximum atomic E-state index is 12.8. The van der Waals surface area contributed by atoms with Crippen LogP contribution >= 0.6 is 0 Å². The van der Waals surface area contributed by atoms with E-state index >= 15 is 0 Å². The predicted molar refractivity (Wildman–Crippen MR) is 54.5 cm³/mol. The zero-order valence-corrected chi connectivity index (χ0v) is 7.57. The largest absolute Gasteiger partial charge is 0.306 e. The molecule has 2 nitrogen and oxygen atoms in total. The second-order valence-electron chi connectivity index (χ2n) is 2.98. The minimum atomic E-state index is -0.548. The summed E-state index contributed by atoms with van der Waals surface area (Å²) in [6.45, 7) is 6.76. The first-order chi connectivity index (χ1) is 6.68. The molecule has 0 N–H and O–H groups in total. The third-order valence-corrected chi connectivity index (χ3v) is 2.00.